The number of nitrogens with zero attached hydrogens (tertiary/aromatic N) is 2. The van der Waals surface area contributed by atoms with Crippen LogP contribution in [0.3, 0.4) is 0 Å². The molecule has 2 amide bonds. The first-order valence-electron chi connectivity index (χ1n) is 8.98. The molecule has 25 heavy (non-hydrogen) atoms. The Bertz CT molecular complexity index is 690. The maximum atomic E-state index is 12.9. The molecule has 1 atom stereocenters. The van der Waals surface area contributed by atoms with Crippen LogP contribution in [-0.2, 0) is 0 Å². The fourth-order valence-corrected chi connectivity index (χ4v) is 3.31. The number of hydrogen-bond donors (Lipinski definition) is 1. The van der Waals surface area contributed by atoms with Crippen molar-refractivity contribution in [1.29, 1.82) is 0 Å². The molecule has 1 aliphatic heterocycles. The van der Waals surface area contributed by atoms with Crippen LogP contribution < -0.4 is 10.1 Å². The number of likely N-dealkylation sites (tertiary alicyclic amines) is 1. The zero-order valence-corrected chi connectivity index (χ0v) is 14.6. The second kappa shape index (κ2) is 8.51. The van der Waals surface area contributed by atoms with E-state index in [1.54, 1.807) is 12.4 Å². The smallest absolute Gasteiger partial charge is 0.322 e. The average molecular weight is 339 g/mol. The van der Waals surface area contributed by atoms with Crippen molar-refractivity contribution in [3.63, 3.8) is 0 Å². The summed E-state index contributed by atoms with van der Waals surface area (Å²) < 4.78 is 5.51. The van der Waals surface area contributed by atoms with E-state index in [4.69, 9.17) is 4.74 Å². The van der Waals surface area contributed by atoms with Gasteiger partial charge in [0.1, 0.15) is 5.75 Å². The van der Waals surface area contributed by atoms with E-state index in [1.165, 1.54) is 0 Å². The molecule has 1 fully saturated rings. The molecule has 5 nitrogen and oxygen atoms in total. The summed E-state index contributed by atoms with van der Waals surface area (Å²) in [5.41, 5.74) is 1.91. The number of carbonyl (C=O) groups is 1. The third-order valence-corrected chi connectivity index (χ3v) is 4.50. The van der Waals surface area contributed by atoms with E-state index in [0.29, 0.717) is 6.61 Å². The number of benzene rings is 1. The molecule has 132 valence electrons. The van der Waals surface area contributed by atoms with Gasteiger partial charge in [0.05, 0.1) is 12.6 Å². The molecule has 5 heteroatoms. The minimum Gasteiger partial charge on any atom is -0.494 e. The van der Waals surface area contributed by atoms with Gasteiger partial charge in [-0.3, -0.25) is 4.98 Å². The number of nitrogens with one attached hydrogen (secondary N) is 1. The lowest BCUT2D eigenvalue weighted by molar-refractivity contribution is 0.189. The van der Waals surface area contributed by atoms with Crippen molar-refractivity contribution in [2.45, 2.75) is 38.6 Å². The third kappa shape index (κ3) is 4.50. The molecule has 2 aromatic rings. The molecule has 3 rings (SSSR count). The van der Waals surface area contributed by atoms with Crippen LogP contribution in [0.4, 0.5) is 10.5 Å². The molecule has 1 unspecified atom stereocenters. The van der Waals surface area contributed by atoms with Gasteiger partial charge in [0.25, 0.3) is 0 Å². The van der Waals surface area contributed by atoms with Crippen molar-refractivity contribution in [1.82, 2.24) is 9.88 Å². The molecule has 0 aliphatic carbocycles. The van der Waals surface area contributed by atoms with Crippen LogP contribution in [0.25, 0.3) is 0 Å². The van der Waals surface area contributed by atoms with Gasteiger partial charge >= 0.3 is 6.03 Å². The molecular formula is C20H25N3O2. The van der Waals surface area contributed by atoms with Gasteiger partial charge in [0, 0.05) is 30.7 Å². The van der Waals surface area contributed by atoms with Gasteiger partial charge in [-0.15, -0.1) is 0 Å². The lowest BCUT2D eigenvalue weighted by Gasteiger charge is -2.30. The quantitative estimate of drug-likeness (QED) is 0.883. The number of urea groups is 1. The van der Waals surface area contributed by atoms with Crippen molar-refractivity contribution in [3.05, 3.63) is 54.4 Å². The maximum Gasteiger partial charge on any atom is 0.322 e. The summed E-state index contributed by atoms with van der Waals surface area (Å²) in [6, 6.07) is 11.6. The van der Waals surface area contributed by atoms with Crippen LogP contribution in [0.1, 0.15) is 44.2 Å². The Morgan fingerprint density at radius 1 is 1.24 bits per heavy atom. The van der Waals surface area contributed by atoms with Crippen molar-refractivity contribution >= 4 is 11.7 Å². The van der Waals surface area contributed by atoms with E-state index >= 15 is 0 Å². The zero-order chi connectivity index (χ0) is 17.5. The summed E-state index contributed by atoms with van der Waals surface area (Å²) >= 11 is 0. The summed E-state index contributed by atoms with van der Waals surface area (Å²) in [7, 11) is 0. The van der Waals surface area contributed by atoms with Crippen molar-refractivity contribution in [2.24, 2.45) is 0 Å². The largest absolute Gasteiger partial charge is 0.494 e. The first kappa shape index (κ1) is 17.3. The van der Waals surface area contributed by atoms with Crippen LogP contribution in [0.5, 0.6) is 5.75 Å². The Balaban J connectivity index is 1.77. The molecule has 0 bridgehead atoms. The molecule has 1 saturated heterocycles. The lowest BCUT2D eigenvalue weighted by atomic mass is 10.0. The Hall–Kier alpha value is -2.56. The molecule has 1 aromatic carbocycles. The lowest BCUT2D eigenvalue weighted by Crippen LogP contribution is -2.38. The summed E-state index contributed by atoms with van der Waals surface area (Å²) in [5.74, 6) is 0.766. The predicted octanol–water partition coefficient (Wildman–Crippen LogP) is 4.63. The highest BCUT2D eigenvalue weighted by Gasteiger charge is 2.26. The SMILES string of the molecule is CCOc1cccc(NC(=O)N2CCCCCC2c2ccncc2)c1. The van der Waals surface area contributed by atoms with Crippen molar-refractivity contribution in [3.8, 4) is 5.75 Å². The van der Waals surface area contributed by atoms with Crippen molar-refractivity contribution < 1.29 is 9.53 Å². The third-order valence-electron chi connectivity index (χ3n) is 4.50. The molecule has 1 aromatic heterocycles. The van der Waals surface area contributed by atoms with E-state index in [0.717, 1.165) is 49.2 Å². The normalized spacial score (nSPS) is 17.6. The highest BCUT2D eigenvalue weighted by molar-refractivity contribution is 5.89. The maximum absolute atomic E-state index is 12.9. The van der Waals surface area contributed by atoms with Crippen molar-refractivity contribution in [2.75, 3.05) is 18.5 Å². The minimum absolute atomic E-state index is 0.0580. The number of aromatic nitrogens is 1. The number of carbonyl (C=O) groups excluding carboxylic acids is 1. The second-order valence-electron chi connectivity index (χ2n) is 6.23. The van der Waals surface area contributed by atoms with Gasteiger partial charge < -0.3 is 15.0 Å². The number of hydrogen-bond acceptors (Lipinski definition) is 3. The first-order valence-corrected chi connectivity index (χ1v) is 8.98. The molecule has 0 spiro atoms. The van der Waals surface area contributed by atoms with Crippen LogP contribution in [0, 0.1) is 0 Å². The highest BCUT2D eigenvalue weighted by atomic mass is 16.5. The Labute approximate surface area is 149 Å². The topological polar surface area (TPSA) is 54.5 Å². The molecule has 0 saturated carbocycles. The second-order valence-corrected chi connectivity index (χ2v) is 6.23. The van der Waals surface area contributed by atoms with Crippen LogP contribution >= 0.6 is 0 Å². The minimum atomic E-state index is -0.0580. The van der Waals surface area contributed by atoms with E-state index in [9.17, 15) is 4.79 Å². The molecule has 1 N–H and O–H groups in total. The number of amides is 2. The van der Waals surface area contributed by atoms with Gasteiger partial charge in [-0.2, -0.15) is 0 Å². The molecular weight excluding hydrogens is 314 g/mol. The predicted molar refractivity (Wildman–Crippen MR) is 98.8 cm³/mol. The van der Waals surface area contributed by atoms with Gasteiger partial charge in [0.2, 0.25) is 0 Å². The molecule has 0 radical (unpaired) electrons. The number of rotatable bonds is 4. The number of ether oxygens (including phenoxy) is 1. The Morgan fingerprint density at radius 3 is 2.88 bits per heavy atom. The summed E-state index contributed by atoms with van der Waals surface area (Å²) in [6.45, 7) is 3.32. The van der Waals surface area contributed by atoms with Crippen LogP contribution in [-0.4, -0.2) is 29.1 Å². The summed E-state index contributed by atoms with van der Waals surface area (Å²) in [4.78, 5) is 19.0. The summed E-state index contributed by atoms with van der Waals surface area (Å²) in [5, 5.41) is 3.03. The van der Waals surface area contributed by atoms with E-state index in [2.05, 4.69) is 10.3 Å². The Kier molecular flexibility index (Phi) is 5.88. The van der Waals surface area contributed by atoms with Gasteiger partial charge in [0.15, 0.2) is 0 Å². The standard InChI is InChI=1S/C20H25N3O2/c1-2-25-18-8-6-7-17(15-18)22-20(24)23-14-5-3-4-9-19(23)16-10-12-21-13-11-16/h6-8,10-13,15,19H,2-5,9,14H2,1H3,(H,22,24). The summed E-state index contributed by atoms with van der Waals surface area (Å²) in [6.07, 6.45) is 7.90. The average Bonchev–Trinajstić information content (AvgIpc) is 2.89. The monoisotopic (exact) mass is 339 g/mol. The zero-order valence-electron chi connectivity index (χ0n) is 14.6. The van der Waals surface area contributed by atoms with Gasteiger partial charge in [-0.25, -0.2) is 4.79 Å². The Morgan fingerprint density at radius 2 is 2.08 bits per heavy atom. The molecule has 2 heterocycles. The van der Waals surface area contributed by atoms with E-state index < -0.39 is 0 Å². The van der Waals surface area contributed by atoms with Gasteiger partial charge in [-0.1, -0.05) is 18.9 Å². The number of pyridine rings is 1. The van der Waals surface area contributed by atoms with E-state index in [1.807, 2.05) is 48.2 Å². The number of anilines is 1. The van der Waals surface area contributed by atoms with Crippen LogP contribution in [0.15, 0.2) is 48.8 Å². The van der Waals surface area contributed by atoms with E-state index in [-0.39, 0.29) is 12.1 Å². The highest BCUT2D eigenvalue weighted by Crippen LogP contribution is 2.30. The van der Waals surface area contributed by atoms with Crippen LogP contribution in [0.2, 0.25) is 0 Å². The fraction of sp³-hybridized carbons (Fsp3) is 0.400. The first-order chi connectivity index (χ1) is 12.3. The van der Waals surface area contributed by atoms with Gasteiger partial charge in [-0.05, 0) is 49.6 Å². The fourth-order valence-electron chi connectivity index (χ4n) is 3.31. The molecule has 1 aliphatic rings.